The van der Waals surface area contributed by atoms with E-state index in [-0.39, 0.29) is 0 Å². The first-order valence-electron chi connectivity index (χ1n) is 11.3. The van der Waals surface area contributed by atoms with Crippen molar-refractivity contribution in [1.82, 2.24) is 5.32 Å². The fraction of sp³-hybridized carbons (Fsp3) is 0.762. The van der Waals surface area contributed by atoms with Crippen LogP contribution in [0.25, 0.3) is 0 Å². The Bertz CT molecular complexity index is 988. The van der Waals surface area contributed by atoms with Crippen LogP contribution in [0.15, 0.2) is 0 Å². The Hall–Kier alpha value is -3.19. The maximum Gasteiger partial charge on any atom is 0.452 e. The third-order valence-electron chi connectivity index (χ3n) is 5.43. The number of hydrogen-bond acceptors (Lipinski definition) is 13. The van der Waals surface area contributed by atoms with Crippen LogP contribution in [0.5, 0.6) is 0 Å². The molecule has 0 aliphatic carbocycles. The molecule has 0 unspecified atom stereocenters. The lowest BCUT2D eigenvalue weighted by molar-refractivity contribution is -0.370. The second-order valence-electron chi connectivity index (χ2n) is 8.63. The van der Waals surface area contributed by atoms with Gasteiger partial charge in [0, 0.05) is 27.7 Å². The topological polar surface area (TPSA) is 162 Å². The number of rotatable bonds is 8. The highest BCUT2D eigenvalue weighted by Gasteiger charge is 2.78. The SMILES string of the molecule is CC(=O)OC[C@H]1O[C@@H](O[C@H](C)[C@@H]2NC(C(F)(F)F)(C(F)(F)F)OC2=O)[C@H](OC(C)=O)[C@@H](OC(C)=O)[C@@H]1OC(C)=O. The molecule has 0 amide bonds. The number of carbonyl (C=O) groups is 5. The van der Waals surface area contributed by atoms with Gasteiger partial charge in [0.15, 0.2) is 24.6 Å². The summed E-state index contributed by atoms with van der Waals surface area (Å²) in [7, 11) is 0. The molecule has 0 aromatic carbocycles. The van der Waals surface area contributed by atoms with Crippen molar-refractivity contribution < 1.29 is 83.5 Å². The van der Waals surface area contributed by atoms with Crippen molar-refractivity contribution in [1.29, 1.82) is 0 Å². The predicted octanol–water partition coefficient (Wildman–Crippen LogP) is 0.810. The fourth-order valence-electron chi connectivity index (χ4n) is 3.86. The van der Waals surface area contributed by atoms with Gasteiger partial charge < -0.3 is 33.2 Å². The lowest BCUT2D eigenvalue weighted by Gasteiger charge is -2.44. The number of alkyl halides is 6. The van der Waals surface area contributed by atoms with Crippen molar-refractivity contribution in [2.75, 3.05) is 6.61 Å². The van der Waals surface area contributed by atoms with Gasteiger partial charge in [0.1, 0.15) is 18.8 Å². The lowest BCUT2D eigenvalue weighted by Crippen LogP contribution is -2.66. The summed E-state index contributed by atoms with van der Waals surface area (Å²) < 4.78 is 115. The van der Waals surface area contributed by atoms with E-state index in [0.29, 0.717) is 0 Å². The molecule has 2 rings (SSSR count). The van der Waals surface area contributed by atoms with Crippen LogP contribution in [0, 0.1) is 0 Å². The second-order valence-corrected chi connectivity index (χ2v) is 8.63. The maximum absolute atomic E-state index is 13.4. The van der Waals surface area contributed by atoms with Crippen LogP contribution in [-0.4, -0.2) is 97.4 Å². The van der Waals surface area contributed by atoms with Gasteiger partial charge in [-0.05, 0) is 6.92 Å². The highest BCUT2D eigenvalue weighted by atomic mass is 19.4. The quantitative estimate of drug-likeness (QED) is 0.238. The van der Waals surface area contributed by atoms with Crippen LogP contribution in [0.2, 0.25) is 0 Å². The van der Waals surface area contributed by atoms with Gasteiger partial charge in [-0.3, -0.25) is 24.0 Å². The molecular weight excluding hydrogens is 572 g/mol. The van der Waals surface area contributed by atoms with Crippen molar-refractivity contribution in [3.8, 4) is 0 Å². The molecule has 1 N–H and O–H groups in total. The van der Waals surface area contributed by atoms with Gasteiger partial charge in [0.05, 0.1) is 6.10 Å². The molecule has 13 nitrogen and oxygen atoms in total. The Labute approximate surface area is 221 Å². The normalized spacial score (nSPS) is 29.1. The number of cyclic esters (lactones) is 1. The zero-order chi connectivity index (χ0) is 30.8. The molecule has 0 aromatic rings. The van der Waals surface area contributed by atoms with Crippen LogP contribution in [0.1, 0.15) is 34.6 Å². The average Bonchev–Trinajstić information content (AvgIpc) is 3.14. The first-order valence-corrected chi connectivity index (χ1v) is 11.3. The number of carbonyl (C=O) groups excluding carboxylic acids is 5. The lowest BCUT2D eigenvalue weighted by atomic mass is 9.98. The molecule has 228 valence electrons. The summed E-state index contributed by atoms with van der Waals surface area (Å²) >= 11 is 0. The molecule has 0 aromatic heterocycles. The van der Waals surface area contributed by atoms with Crippen LogP contribution in [0.4, 0.5) is 26.3 Å². The van der Waals surface area contributed by atoms with E-state index in [1.807, 2.05) is 0 Å². The maximum atomic E-state index is 13.4. The summed E-state index contributed by atoms with van der Waals surface area (Å²) in [6.45, 7) is 3.92. The molecule has 19 heteroatoms. The molecule has 0 radical (unpaired) electrons. The number of esters is 5. The van der Waals surface area contributed by atoms with E-state index >= 15 is 0 Å². The molecule has 0 bridgehead atoms. The summed E-state index contributed by atoms with van der Waals surface area (Å²) in [6, 6.07) is -2.39. The number of hydrogen-bond donors (Lipinski definition) is 1. The van der Waals surface area contributed by atoms with E-state index in [2.05, 4.69) is 4.74 Å². The standard InChI is InChI=1S/C21H25F6NO12/c1-7(13-17(33)40-19(28-13,20(22,23)24)21(25,26)27)35-18-16(38-11(5)32)15(37-10(4)31)14(36-9(3)30)12(39-18)6-34-8(2)29/h7,12-16,18,28H,6H2,1-5H3/t7-,12-,13+,14-,15+,16-,18-/m1/s1. The second kappa shape index (κ2) is 12.1. The van der Waals surface area contributed by atoms with Crippen molar-refractivity contribution in [3.05, 3.63) is 0 Å². The molecule has 2 heterocycles. The van der Waals surface area contributed by atoms with E-state index in [1.54, 1.807) is 0 Å². The minimum Gasteiger partial charge on any atom is -0.463 e. The largest absolute Gasteiger partial charge is 0.463 e. The predicted molar refractivity (Wildman–Crippen MR) is 110 cm³/mol. The Balaban J connectivity index is 2.47. The van der Waals surface area contributed by atoms with Gasteiger partial charge in [0.2, 0.25) is 0 Å². The van der Waals surface area contributed by atoms with Gasteiger partial charge in [-0.1, -0.05) is 0 Å². The summed E-state index contributed by atoms with van der Waals surface area (Å²) in [5, 5.41) is 1.07. The van der Waals surface area contributed by atoms with E-state index in [9.17, 15) is 50.3 Å². The first-order chi connectivity index (χ1) is 18.2. The monoisotopic (exact) mass is 597 g/mol. The zero-order valence-corrected chi connectivity index (χ0v) is 21.4. The molecule has 0 saturated carbocycles. The third-order valence-corrected chi connectivity index (χ3v) is 5.43. The van der Waals surface area contributed by atoms with Crippen molar-refractivity contribution in [2.45, 2.75) is 95.5 Å². The van der Waals surface area contributed by atoms with Gasteiger partial charge in [-0.25, -0.2) is 5.32 Å². The molecular formula is C21H25F6NO12. The van der Waals surface area contributed by atoms with Crippen molar-refractivity contribution in [3.63, 3.8) is 0 Å². The van der Waals surface area contributed by atoms with E-state index in [4.69, 9.17) is 28.4 Å². The number of nitrogens with one attached hydrogen (secondary N) is 1. The summed E-state index contributed by atoms with van der Waals surface area (Å²) in [5.74, 6) is -5.87. The number of ether oxygens (including phenoxy) is 7. The van der Waals surface area contributed by atoms with Gasteiger partial charge in [0.25, 0.3) is 0 Å². The van der Waals surface area contributed by atoms with Crippen LogP contribution >= 0.6 is 0 Å². The first kappa shape index (κ1) is 33.0. The van der Waals surface area contributed by atoms with Gasteiger partial charge >= 0.3 is 47.9 Å². The smallest absolute Gasteiger partial charge is 0.452 e. The highest BCUT2D eigenvalue weighted by molar-refractivity contribution is 5.79. The van der Waals surface area contributed by atoms with Crippen molar-refractivity contribution in [2.24, 2.45) is 0 Å². The van der Waals surface area contributed by atoms with Crippen molar-refractivity contribution >= 4 is 29.8 Å². The Morgan fingerprint density at radius 3 is 1.75 bits per heavy atom. The molecule has 0 spiro atoms. The summed E-state index contributed by atoms with van der Waals surface area (Å²) in [6.07, 6.45) is -22.9. The molecule has 2 saturated heterocycles. The van der Waals surface area contributed by atoms with Crippen LogP contribution < -0.4 is 5.32 Å². The minimum absolute atomic E-state index is 0.693. The number of halogens is 6. The highest BCUT2D eigenvalue weighted by Crippen LogP contribution is 2.47. The Morgan fingerprint density at radius 1 is 0.850 bits per heavy atom. The summed E-state index contributed by atoms with van der Waals surface area (Å²) in [4.78, 5) is 58.9. The van der Waals surface area contributed by atoms with Crippen LogP contribution in [-0.2, 0) is 57.1 Å². The van der Waals surface area contributed by atoms with E-state index in [0.717, 1.165) is 39.9 Å². The van der Waals surface area contributed by atoms with Crippen LogP contribution in [0.3, 0.4) is 0 Å². The average molecular weight is 597 g/mol. The Morgan fingerprint density at radius 2 is 1.32 bits per heavy atom. The van der Waals surface area contributed by atoms with Gasteiger partial charge in [-0.15, -0.1) is 0 Å². The summed E-state index contributed by atoms with van der Waals surface area (Å²) in [5.41, 5.74) is -5.05. The molecule has 2 aliphatic heterocycles. The minimum atomic E-state index is -6.14. The fourth-order valence-corrected chi connectivity index (χ4v) is 3.86. The molecule has 2 fully saturated rings. The van der Waals surface area contributed by atoms with Gasteiger partial charge in [-0.2, -0.15) is 26.3 Å². The molecule has 2 aliphatic rings. The Kier molecular flexibility index (Phi) is 10.0. The van der Waals surface area contributed by atoms with E-state index < -0.39 is 97.4 Å². The molecule has 40 heavy (non-hydrogen) atoms. The van der Waals surface area contributed by atoms with E-state index in [1.165, 1.54) is 0 Å². The third kappa shape index (κ3) is 7.30. The molecule has 7 atom stereocenters. The zero-order valence-electron chi connectivity index (χ0n) is 21.4.